The average molecular weight is 287 g/mol. The maximum Gasteiger partial charge on any atom is 0.127 e. The van der Waals surface area contributed by atoms with Crippen LogP contribution in [0, 0.1) is 11.3 Å². The minimum absolute atomic E-state index is 0.518. The van der Waals surface area contributed by atoms with Gasteiger partial charge in [0.05, 0.1) is 22.3 Å². The zero-order valence-corrected chi connectivity index (χ0v) is 11.9. The quantitative estimate of drug-likeness (QED) is 0.866. The topological polar surface area (TPSA) is 60.7 Å². The molecule has 0 aliphatic carbocycles. The molecule has 2 rings (SSSR count). The van der Waals surface area contributed by atoms with Gasteiger partial charge in [0.25, 0.3) is 0 Å². The first-order chi connectivity index (χ1) is 9.72. The summed E-state index contributed by atoms with van der Waals surface area (Å²) in [5.74, 6) is 0.821. The first-order valence-corrected chi connectivity index (χ1v) is 6.77. The van der Waals surface area contributed by atoms with Crippen molar-refractivity contribution in [2.75, 3.05) is 17.2 Å². The monoisotopic (exact) mass is 286 g/mol. The summed E-state index contributed by atoms with van der Waals surface area (Å²) < 4.78 is 0. The van der Waals surface area contributed by atoms with E-state index in [-0.39, 0.29) is 0 Å². The van der Waals surface area contributed by atoms with Gasteiger partial charge in [0.15, 0.2) is 0 Å². The van der Waals surface area contributed by atoms with E-state index < -0.39 is 0 Å². The zero-order valence-electron chi connectivity index (χ0n) is 11.2. The summed E-state index contributed by atoms with van der Waals surface area (Å²) in [4.78, 5) is 4.24. The van der Waals surface area contributed by atoms with Crippen molar-refractivity contribution in [3.05, 3.63) is 47.1 Å². The number of nitrogens with zero attached hydrogens (tertiary/aromatic N) is 2. The van der Waals surface area contributed by atoms with Crippen molar-refractivity contribution in [2.24, 2.45) is 0 Å². The normalized spacial score (nSPS) is 9.85. The SMILES string of the molecule is CCCNc1cc(Nc2ccc(C#N)cc2Cl)ccn1. The highest BCUT2D eigenvalue weighted by Crippen LogP contribution is 2.26. The molecule has 0 saturated heterocycles. The number of halogens is 1. The fourth-order valence-corrected chi connectivity index (χ4v) is 1.93. The predicted octanol–water partition coefficient (Wildman–Crippen LogP) is 4.17. The maximum atomic E-state index is 8.82. The Bertz CT molecular complexity index is 634. The van der Waals surface area contributed by atoms with Gasteiger partial charge >= 0.3 is 0 Å². The lowest BCUT2D eigenvalue weighted by atomic mass is 10.2. The number of hydrogen-bond donors (Lipinski definition) is 2. The number of rotatable bonds is 5. The van der Waals surface area contributed by atoms with E-state index in [2.05, 4.69) is 28.6 Å². The smallest absolute Gasteiger partial charge is 0.127 e. The van der Waals surface area contributed by atoms with E-state index in [0.717, 1.165) is 30.2 Å². The third-order valence-electron chi connectivity index (χ3n) is 2.69. The van der Waals surface area contributed by atoms with E-state index >= 15 is 0 Å². The molecule has 4 nitrogen and oxygen atoms in total. The molecule has 0 aliphatic rings. The Morgan fingerprint density at radius 2 is 2.15 bits per heavy atom. The summed E-state index contributed by atoms with van der Waals surface area (Å²) in [6.45, 7) is 2.99. The fourth-order valence-electron chi connectivity index (χ4n) is 1.70. The van der Waals surface area contributed by atoms with Crippen molar-refractivity contribution < 1.29 is 0 Å². The third-order valence-corrected chi connectivity index (χ3v) is 3.01. The number of aromatic nitrogens is 1. The van der Waals surface area contributed by atoms with Crippen LogP contribution >= 0.6 is 11.6 Å². The van der Waals surface area contributed by atoms with E-state index in [9.17, 15) is 0 Å². The number of anilines is 3. The molecule has 0 spiro atoms. The van der Waals surface area contributed by atoms with Crippen molar-refractivity contribution in [3.8, 4) is 6.07 Å². The summed E-state index contributed by atoms with van der Waals surface area (Å²) in [6, 6.07) is 11.0. The second kappa shape index (κ2) is 6.78. The number of benzene rings is 1. The first-order valence-electron chi connectivity index (χ1n) is 6.39. The Balaban J connectivity index is 2.15. The van der Waals surface area contributed by atoms with Crippen LogP contribution in [0.4, 0.5) is 17.2 Å². The van der Waals surface area contributed by atoms with Gasteiger partial charge < -0.3 is 10.6 Å². The predicted molar refractivity (Wildman–Crippen MR) is 82.5 cm³/mol. The van der Waals surface area contributed by atoms with Crippen LogP contribution in [-0.2, 0) is 0 Å². The summed E-state index contributed by atoms with van der Waals surface area (Å²) in [5, 5.41) is 15.8. The van der Waals surface area contributed by atoms with E-state index in [0.29, 0.717) is 10.6 Å². The van der Waals surface area contributed by atoms with Gasteiger partial charge in [0.1, 0.15) is 5.82 Å². The van der Waals surface area contributed by atoms with E-state index in [4.69, 9.17) is 16.9 Å². The first kappa shape index (κ1) is 14.2. The number of pyridine rings is 1. The maximum absolute atomic E-state index is 8.82. The molecule has 1 aromatic carbocycles. The molecule has 0 aliphatic heterocycles. The highest BCUT2D eigenvalue weighted by molar-refractivity contribution is 6.33. The summed E-state index contributed by atoms with van der Waals surface area (Å²) in [7, 11) is 0. The van der Waals surface area contributed by atoms with E-state index in [1.165, 1.54) is 0 Å². The molecule has 0 radical (unpaired) electrons. The molecule has 20 heavy (non-hydrogen) atoms. The second-order valence-electron chi connectivity index (χ2n) is 4.29. The molecule has 1 aromatic heterocycles. The van der Waals surface area contributed by atoms with Gasteiger partial charge in [-0.15, -0.1) is 0 Å². The fraction of sp³-hybridized carbons (Fsp3) is 0.200. The van der Waals surface area contributed by atoms with Crippen LogP contribution in [0.25, 0.3) is 0 Å². The van der Waals surface area contributed by atoms with Crippen molar-refractivity contribution >= 4 is 28.8 Å². The molecule has 2 N–H and O–H groups in total. The summed E-state index contributed by atoms with van der Waals surface area (Å²) in [6.07, 6.45) is 2.78. The van der Waals surface area contributed by atoms with Crippen LogP contribution in [0.1, 0.15) is 18.9 Å². The lowest BCUT2D eigenvalue weighted by Crippen LogP contribution is -2.02. The van der Waals surface area contributed by atoms with E-state index in [1.54, 1.807) is 24.4 Å². The van der Waals surface area contributed by atoms with Gasteiger partial charge in [-0.25, -0.2) is 4.98 Å². The Morgan fingerprint density at radius 1 is 1.30 bits per heavy atom. The molecule has 0 unspecified atom stereocenters. The molecular formula is C15H15ClN4. The van der Waals surface area contributed by atoms with Crippen molar-refractivity contribution in [1.29, 1.82) is 5.26 Å². The largest absolute Gasteiger partial charge is 0.370 e. The molecule has 1 heterocycles. The van der Waals surface area contributed by atoms with Crippen molar-refractivity contribution in [2.45, 2.75) is 13.3 Å². The molecule has 5 heteroatoms. The van der Waals surface area contributed by atoms with Gasteiger partial charge in [-0.3, -0.25) is 0 Å². The highest BCUT2D eigenvalue weighted by Gasteiger charge is 2.03. The Morgan fingerprint density at radius 3 is 2.85 bits per heavy atom. The molecule has 2 aromatic rings. The second-order valence-corrected chi connectivity index (χ2v) is 4.70. The average Bonchev–Trinajstić information content (AvgIpc) is 2.47. The molecule has 0 fully saturated rings. The van der Waals surface area contributed by atoms with Gasteiger partial charge in [0.2, 0.25) is 0 Å². The van der Waals surface area contributed by atoms with Gasteiger partial charge in [-0.05, 0) is 30.7 Å². The zero-order chi connectivity index (χ0) is 14.4. The molecule has 0 bridgehead atoms. The number of hydrogen-bond acceptors (Lipinski definition) is 4. The molecule has 102 valence electrons. The van der Waals surface area contributed by atoms with Crippen LogP contribution in [-0.4, -0.2) is 11.5 Å². The molecule has 0 atom stereocenters. The molecular weight excluding hydrogens is 272 g/mol. The van der Waals surface area contributed by atoms with Crippen LogP contribution < -0.4 is 10.6 Å². The third kappa shape index (κ3) is 3.62. The Kier molecular flexibility index (Phi) is 4.80. The lowest BCUT2D eigenvalue weighted by molar-refractivity contribution is 0.969. The van der Waals surface area contributed by atoms with Crippen molar-refractivity contribution in [3.63, 3.8) is 0 Å². The number of nitrogens with one attached hydrogen (secondary N) is 2. The molecule has 0 saturated carbocycles. The van der Waals surface area contributed by atoms with Crippen LogP contribution in [0.5, 0.6) is 0 Å². The summed E-state index contributed by atoms with van der Waals surface area (Å²) in [5.41, 5.74) is 2.20. The van der Waals surface area contributed by atoms with E-state index in [1.807, 2.05) is 12.1 Å². The minimum atomic E-state index is 0.518. The van der Waals surface area contributed by atoms with Gasteiger partial charge in [-0.2, -0.15) is 5.26 Å². The minimum Gasteiger partial charge on any atom is -0.370 e. The Hall–Kier alpha value is -2.25. The number of nitriles is 1. The highest BCUT2D eigenvalue weighted by atomic mass is 35.5. The standard InChI is InChI=1S/C15H15ClN4/c1-2-6-18-15-9-12(5-7-19-15)20-14-4-3-11(10-17)8-13(14)16/h3-5,7-9H,2,6H2,1H3,(H2,18,19,20). The van der Waals surface area contributed by atoms with Crippen LogP contribution in [0.2, 0.25) is 5.02 Å². The summed E-state index contributed by atoms with van der Waals surface area (Å²) >= 11 is 6.14. The van der Waals surface area contributed by atoms with Crippen molar-refractivity contribution in [1.82, 2.24) is 4.98 Å². The molecule has 0 amide bonds. The lowest BCUT2D eigenvalue weighted by Gasteiger charge is -2.10. The van der Waals surface area contributed by atoms with Crippen LogP contribution in [0.15, 0.2) is 36.5 Å². The van der Waals surface area contributed by atoms with Gasteiger partial charge in [-0.1, -0.05) is 18.5 Å². The Labute approximate surface area is 123 Å². The van der Waals surface area contributed by atoms with Crippen LogP contribution in [0.3, 0.4) is 0 Å². The van der Waals surface area contributed by atoms with Gasteiger partial charge in [0, 0.05) is 24.5 Å².